The predicted molar refractivity (Wildman–Crippen MR) is 78.0 cm³/mol. The summed E-state index contributed by atoms with van der Waals surface area (Å²) in [4.78, 5) is 2.54. The monoisotopic (exact) mass is 266 g/mol. The molecule has 3 rings (SSSR count). The molecular formula is C16H30N2O. The second kappa shape index (κ2) is 5.34. The third-order valence-corrected chi connectivity index (χ3v) is 6.17. The van der Waals surface area contributed by atoms with Gasteiger partial charge in [0.1, 0.15) is 0 Å². The molecular weight excluding hydrogens is 236 g/mol. The van der Waals surface area contributed by atoms with E-state index in [4.69, 9.17) is 10.5 Å². The molecule has 1 aliphatic heterocycles. The number of ether oxygens (including phenoxy) is 1. The standard InChI is InChI=1S/C16H30N2O/c1-16(2,18-5-7-19-8-6-18)15(17)11-14-10-12-3-4-13(14)9-12/h12-15H,3-11,17H2,1-2H3. The lowest BCUT2D eigenvalue weighted by Crippen LogP contribution is -2.59. The predicted octanol–water partition coefficient (Wildman–Crippen LogP) is 2.25. The minimum atomic E-state index is 0.117. The third-order valence-electron chi connectivity index (χ3n) is 6.17. The Morgan fingerprint density at radius 1 is 1.21 bits per heavy atom. The lowest BCUT2D eigenvalue weighted by atomic mass is 9.79. The molecule has 0 aromatic carbocycles. The molecule has 3 nitrogen and oxygen atoms in total. The largest absolute Gasteiger partial charge is 0.379 e. The fourth-order valence-electron chi connectivity index (χ4n) is 4.65. The molecule has 1 saturated heterocycles. The van der Waals surface area contributed by atoms with Crippen molar-refractivity contribution in [3.8, 4) is 0 Å². The van der Waals surface area contributed by atoms with Crippen molar-refractivity contribution in [2.24, 2.45) is 23.5 Å². The van der Waals surface area contributed by atoms with Gasteiger partial charge in [-0.25, -0.2) is 0 Å². The molecule has 4 unspecified atom stereocenters. The van der Waals surface area contributed by atoms with Crippen LogP contribution in [0.3, 0.4) is 0 Å². The Kier molecular flexibility index (Phi) is 3.89. The van der Waals surface area contributed by atoms with E-state index in [1.807, 2.05) is 0 Å². The van der Waals surface area contributed by atoms with Crippen LogP contribution < -0.4 is 5.73 Å². The van der Waals surface area contributed by atoms with E-state index in [1.54, 1.807) is 0 Å². The van der Waals surface area contributed by atoms with Gasteiger partial charge < -0.3 is 10.5 Å². The summed E-state index contributed by atoms with van der Waals surface area (Å²) < 4.78 is 5.47. The van der Waals surface area contributed by atoms with E-state index in [2.05, 4.69) is 18.7 Å². The molecule has 110 valence electrons. The molecule has 0 radical (unpaired) electrons. The number of nitrogens with zero attached hydrogens (tertiary/aromatic N) is 1. The van der Waals surface area contributed by atoms with Crippen molar-refractivity contribution in [2.45, 2.75) is 57.5 Å². The average molecular weight is 266 g/mol. The van der Waals surface area contributed by atoms with Crippen LogP contribution in [-0.2, 0) is 4.74 Å². The number of hydrogen-bond donors (Lipinski definition) is 1. The molecule has 3 fully saturated rings. The first-order valence-corrected chi connectivity index (χ1v) is 8.15. The minimum Gasteiger partial charge on any atom is -0.379 e. The SMILES string of the molecule is CC(C)(C(N)CC1CC2CCC1C2)N1CCOCC1. The van der Waals surface area contributed by atoms with Crippen molar-refractivity contribution < 1.29 is 4.74 Å². The van der Waals surface area contributed by atoms with Gasteiger partial charge >= 0.3 is 0 Å². The second-order valence-electron chi connectivity index (χ2n) is 7.53. The van der Waals surface area contributed by atoms with Gasteiger partial charge in [-0.2, -0.15) is 0 Å². The van der Waals surface area contributed by atoms with Crippen molar-refractivity contribution in [1.29, 1.82) is 0 Å². The van der Waals surface area contributed by atoms with Crippen molar-refractivity contribution in [2.75, 3.05) is 26.3 Å². The van der Waals surface area contributed by atoms with Gasteiger partial charge in [0, 0.05) is 24.7 Å². The fraction of sp³-hybridized carbons (Fsp3) is 1.00. The molecule has 2 bridgehead atoms. The second-order valence-corrected chi connectivity index (χ2v) is 7.53. The molecule has 2 N–H and O–H groups in total. The molecule has 4 atom stereocenters. The van der Waals surface area contributed by atoms with Gasteiger partial charge in [0.15, 0.2) is 0 Å². The molecule has 3 heteroatoms. The molecule has 3 aliphatic rings. The summed E-state index contributed by atoms with van der Waals surface area (Å²) in [5, 5.41) is 0. The number of hydrogen-bond acceptors (Lipinski definition) is 3. The molecule has 0 amide bonds. The summed E-state index contributed by atoms with van der Waals surface area (Å²) in [7, 11) is 0. The molecule has 0 aromatic heterocycles. The van der Waals surface area contributed by atoms with Gasteiger partial charge in [-0.05, 0) is 57.3 Å². The number of nitrogens with two attached hydrogens (primary N) is 1. The van der Waals surface area contributed by atoms with Gasteiger partial charge in [0.2, 0.25) is 0 Å². The number of fused-ring (bicyclic) bond motifs is 2. The Morgan fingerprint density at radius 3 is 2.53 bits per heavy atom. The summed E-state index contributed by atoms with van der Waals surface area (Å²) in [6, 6.07) is 0.301. The first-order chi connectivity index (χ1) is 9.07. The Labute approximate surface area is 117 Å². The van der Waals surface area contributed by atoms with Gasteiger partial charge in [-0.3, -0.25) is 4.90 Å². The van der Waals surface area contributed by atoms with Crippen LogP contribution in [0.4, 0.5) is 0 Å². The molecule has 2 saturated carbocycles. The van der Waals surface area contributed by atoms with Crippen LogP contribution in [0.5, 0.6) is 0 Å². The van der Waals surface area contributed by atoms with E-state index >= 15 is 0 Å². The van der Waals surface area contributed by atoms with Gasteiger partial charge in [0.05, 0.1) is 13.2 Å². The van der Waals surface area contributed by atoms with Crippen molar-refractivity contribution in [1.82, 2.24) is 4.90 Å². The lowest BCUT2D eigenvalue weighted by Gasteiger charge is -2.45. The van der Waals surface area contributed by atoms with E-state index in [9.17, 15) is 0 Å². The van der Waals surface area contributed by atoms with Crippen molar-refractivity contribution in [3.05, 3.63) is 0 Å². The molecule has 1 heterocycles. The first-order valence-electron chi connectivity index (χ1n) is 8.15. The Bertz CT molecular complexity index is 312. The quantitative estimate of drug-likeness (QED) is 0.848. The van der Waals surface area contributed by atoms with Gasteiger partial charge in [-0.15, -0.1) is 0 Å². The van der Waals surface area contributed by atoms with Crippen molar-refractivity contribution >= 4 is 0 Å². The van der Waals surface area contributed by atoms with E-state index in [-0.39, 0.29) is 5.54 Å². The topological polar surface area (TPSA) is 38.5 Å². The summed E-state index contributed by atoms with van der Waals surface area (Å²) in [6.07, 6.45) is 7.14. The summed E-state index contributed by atoms with van der Waals surface area (Å²) >= 11 is 0. The average Bonchev–Trinajstić information content (AvgIpc) is 3.02. The lowest BCUT2D eigenvalue weighted by molar-refractivity contribution is -0.0220. The highest BCUT2D eigenvalue weighted by Gasteiger charge is 2.42. The minimum absolute atomic E-state index is 0.117. The molecule has 0 aromatic rings. The summed E-state index contributed by atoms with van der Waals surface area (Å²) in [6.45, 7) is 8.47. The Morgan fingerprint density at radius 2 is 1.95 bits per heavy atom. The maximum absolute atomic E-state index is 6.61. The fourth-order valence-corrected chi connectivity index (χ4v) is 4.65. The zero-order valence-corrected chi connectivity index (χ0v) is 12.6. The zero-order chi connectivity index (χ0) is 13.5. The highest BCUT2D eigenvalue weighted by atomic mass is 16.5. The maximum atomic E-state index is 6.61. The van der Waals surface area contributed by atoms with Crippen LogP contribution in [0.15, 0.2) is 0 Å². The van der Waals surface area contributed by atoms with Gasteiger partial charge in [-0.1, -0.05) is 6.42 Å². The van der Waals surface area contributed by atoms with Crippen LogP contribution in [0.2, 0.25) is 0 Å². The molecule has 19 heavy (non-hydrogen) atoms. The maximum Gasteiger partial charge on any atom is 0.0594 e. The smallest absolute Gasteiger partial charge is 0.0594 e. The Hall–Kier alpha value is -0.120. The summed E-state index contributed by atoms with van der Waals surface area (Å²) in [5.41, 5.74) is 6.73. The van der Waals surface area contributed by atoms with Crippen LogP contribution in [0, 0.1) is 17.8 Å². The number of rotatable bonds is 4. The zero-order valence-electron chi connectivity index (χ0n) is 12.6. The van der Waals surface area contributed by atoms with Crippen LogP contribution in [0.25, 0.3) is 0 Å². The molecule has 2 aliphatic carbocycles. The molecule has 0 spiro atoms. The normalized spacial score (nSPS) is 37.7. The third kappa shape index (κ3) is 2.70. The van der Waals surface area contributed by atoms with E-state index in [0.29, 0.717) is 6.04 Å². The Balaban J connectivity index is 1.57. The summed E-state index contributed by atoms with van der Waals surface area (Å²) in [5.74, 6) is 2.94. The van der Waals surface area contributed by atoms with Crippen molar-refractivity contribution in [3.63, 3.8) is 0 Å². The van der Waals surface area contributed by atoms with Crippen LogP contribution in [-0.4, -0.2) is 42.8 Å². The van der Waals surface area contributed by atoms with E-state index in [1.165, 1.54) is 32.1 Å². The van der Waals surface area contributed by atoms with E-state index < -0.39 is 0 Å². The highest BCUT2D eigenvalue weighted by Crippen LogP contribution is 2.50. The van der Waals surface area contributed by atoms with Crippen LogP contribution in [0.1, 0.15) is 46.0 Å². The first kappa shape index (κ1) is 13.8. The highest BCUT2D eigenvalue weighted by molar-refractivity contribution is 4.97. The van der Waals surface area contributed by atoms with Gasteiger partial charge in [0.25, 0.3) is 0 Å². The van der Waals surface area contributed by atoms with E-state index in [0.717, 1.165) is 44.1 Å². The number of morpholine rings is 1. The van der Waals surface area contributed by atoms with Crippen LogP contribution >= 0.6 is 0 Å².